The van der Waals surface area contributed by atoms with Crippen LogP contribution in [0, 0.1) is 0 Å². The van der Waals surface area contributed by atoms with Crippen LogP contribution < -0.4 is 0 Å². The number of hydrogen-bond donors (Lipinski definition) is 0. The summed E-state index contributed by atoms with van der Waals surface area (Å²) in [4.78, 5) is 15.7. The molecule has 0 atom stereocenters. The van der Waals surface area contributed by atoms with Crippen LogP contribution in [-0.4, -0.2) is 28.7 Å². The number of rotatable bonds is 5. The molecule has 0 aliphatic carbocycles. The third-order valence-electron chi connectivity index (χ3n) is 11.7. The first kappa shape index (κ1) is 32.4. The molecule has 0 unspecified atom stereocenters. The molecular weight excluding hydrogens is 709 g/mol. The molecule has 0 aliphatic rings. The molecule has 0 bridgehead atoms. The van der Waals surface area contributed by atoms with Crippen LogP contribution in [0.25, 0.3) is 111 Å². The lowest BCUT2D eigenvalue weighted by molar-refractivity contribution is 0.953. The molecule has 0 radical (unpaired) electrons. The number of para-hydroxylation sites is 4. The van der Waals surface area contributed by atoms with E-state index in [2.05, 4.69) is 203 Å². The van der Waals surface area contributed by atoms with Gasteiger partial charge in [0.2, 0.25) is 5.95 Å². The number of nitrogens with zero attached hydrogens (tertiary/aromatic N) is 6. The van der Waals surface area contributed by atoms with Crippen LogP contribution in [0.4, 0.5) is 0 Å². The van der Waals surface area contributed by atoms with Gasteiger partial charge in [-0.3, -0.25) is 4.57 Å². The van der Waals surface area contributed by atoms with E-state index >= 15 is 0 Å². The molecule has 12 rings (SSSR count). The van der Waals surface area contributed by atoms with Gasteiger partial charge in [0.05, 0.1) is 22.1 Å². The Labute approximate surface area is 333 Å². The van der Waals surface area contributed by atoms with Gasteiger partial charge in [-0.1, -0.05) is 140 Å². The van der Waals surface area contributed by atoms with Gasteiger partial charge in [0.1, 0.15) is 0 Å². The number of hydrogen-bond acceptors (Lipinski definition) is 3. The third-order valence-corrected chi connectivity index (χ3v) is 11.7. The quantitative estimate of drug-likeness (QED) is 0.176. The van der Waals surface area contributed by atoms with E-state index in [1.54, 1.807) is 0 Å². The Morgan fingerprint density at radius 3 is 1.45 bits per heavy atom. The lowest BCUT2D eigenvalue weighted by Crippen LogP contribution is -2.06. The van der Waals surface area contributed by atoms with Gasteiger partial charge in [-0.15, -0.1) is 0 Å². The Morgan fingerprint density at radius 2 is 0.776 bits per heavy atom. The SMILES string of the molecule is Cn1c2ccccc2c2cc3c(cc21)c1ccccc1n3-c1cccc(-c2nc(-c3ccc(-c4ccccc4)cc3)nc(-n3c4ccccc4c4ccccc43)n2)c1. The fourth-order valence-electron chi connectivity index (χ4n) is 8.99. The number of aryl methyl sites for hydroxylation is 1. The largest absolute Gasteiger partial charge is 0.344 e. The normalized spacial score (nSPS) is 11.9. The lowest BCUT2D eigenvalue weighted by Gasteiger charge is -2.13. The van der Waals surface area contributed by atoms with Crippen molar-refractivity contribution in [2.24, 2.45) is 7.05 Å². The van der Waals surface area contributed by atoms with Crippen molar-refractivity contribution in [1.29, 1.82) is 0 Å². The Balaban J connectivity index is 1.08. The highest BCUT2D eigenvalue weighted by Gasteiger charge is 2.20. The molecule has 0 amide bonds. The minimum atomic E-state index is 0.574. The predicted octanol–water partition coefficient (Wildman–Crippen LogP) is 12.7. The first-order valence-electron chi connectivity index (χ1n) is 19.6. The molecule has 4 heterocycles. The Morgan fingerprint density at radius 1 is 0.310 bits per heavy atom. The third kappa shape index (κ3) is 4.88. The summed E-state index contributed by atoms with van der Waals surface area (Å²) in [6.45, 7) is 0. The predicted molar refractivity (Wildman–Crippen MR) is 239 cm³/mol. The highest BCUT2D eigenvalue weighted by atomic mass is 15.2. The average Bonchev–Trinajstić information content (AvgIpc) is 3.91. The summed E-state index contributed by atoms with van der Waals surface area (Å²) in [5, 5.41) is 7.23. The van der Waals surface area contributed by atoms with Crippen molar-refractivity contribution in [3.63, 3.8) is 0 Å². The van der Waals surface area contributed by atoms with Crippen LogP contribution >= 0.6 is 0 Å². The summed E-state index contributed by atoms with van der Waals surface area (Å²) in [5.41, 5.74) is 12.0. The van der Waals surface area contributed by atoms with Crippen molar-refractivity contribution in [2.75, 3.05) is 0 Å². The van der Waals surface area contributed by atoms with E-state index in [1.165, 1.54) is 38.1 Å². The minimum Gasteiger partial charge on any atom is -0.344 e. The standard InChI is InChI=1S/C52H34N6/c1-56-44-22-9-5-20-40(44)42-32-49-43(31-48(42)56)41-21-8-10-23-45(41)57(49)37-17-13-16-36(30-37)51-53-50(35-28-26-34(27-29-35)33-14-3-2-4-15-33)54-52(55-51)58-46-24-11-6-18-38(46)39-19-7-12-25-47(39)58/h2-32H,1H3. The molecule has 8 aromatic carbocycles. The van der Waals surface area contributed by atoms with Gasteiger partial charge in [-0.2, -0.15) is 9.97 Å². The van der Waals surface area contributed by atoms with Crippen LogP contribution in [0.1, 0.15) is 0 Å². The van der Waals surface area contributed by atoms with E-state index in [-0.39, 0.29) is 0 Å². The summed E-state index contributed by atoms with van der Waals surface area (Å²) in [6.07, 6.45) is 0. The Kier molecular flexibility index (Phi) is 7.04. The summed E-state index contributed by atoms with van der Waals surface area (Å²) in [7, 11) is 2.16. The molecule has 0 fully saturated rings. The highest BCUT2D eigenvalue weighted by Crippen LogP contribution is 2.39. The van der Waals surface area contributed by atoms with Crippen LogP contribution in [0.15, 0.2) is 188 Å². The number of benzene rings is 8. The molecule has 272 valence electrons. The summed E-state index contributed by atoms with van der Waals surface area (Å²) < 4.78 is 6.86. The monoisotopic (exact) mass is 742 g/mol. The van der Waals surface area contributed by atoms with Gasteiger partial charge in [0.25, 0.3) is 0 Å². The van der Waals surface area contributed by atoms with Gasteiger partial charge in [0.15, 0.2) is 11.6 Å². The molecule has 0 saturated carbocycles. The second kappa shape index (κ2) is 12.6. The van der Waals surface area contributed by atoms with Crippen molar-refractivity contribution in [2.45, 2.75) is 0 Å². The smallest absolute Gasteiger partial charge is 0.238 e. The van der Waals surface area contributed by atoms with Crippen molar-refractivity contribution >= 4 is 65.4 Å². The second-order valence-corrected chi connectivity index (χ2v) is 15.0. The minimum absolute atomic E-state index is 0.574. The van der Waals surface area contributed by atoms with Crippen LogP contribution in [0.3, 0.4) is 0 Å². The molecule has 58 heavy (non-hydrogen) atoms. The molecule has 0 aliphatic heterocycles. The first-order chi connectivity index (χ1) is 28.7. The maximum absolute atomic E-state index is 5.29. The van der Waals surface area contributed by atoms with Crippen molar-refractivity contribution in [3.05, 3.63) is 188 Å². The average molecular weight is 743 g/mol. The van der Waals surface area contributed by atoms with Gasteiger partial charge < -0.3 is 9.13 Å². The zero-order chi connectivity index (χ0) is 38.3. The highest BCUT2D eigenvalue weighted by molar-refractivity contribution is 6.18. The van der Waals surface area contributed by atoms with E-state index in [0.29, 0.717) is 17.6 Å². The van der Waals surface area contributed by atoms with Crippen LogP contribution in [0.5, 0.6) is 0 Å². The Bertz CT molecular complexity index is 3520. The summed E-state index contributed by atoms with van der Waals surface area (Å²) in [6, 6.07) is 66.6. The number of fused-ring (bicyclic) bond motifs is 9. The van der Waals surface area contributed by atoms with Crippen LogP contribution in [-0.2, 0) is 7.05 Å². The molecule has 0 spiro atoms. The van der Waals surface area contributed by atoms with Gasteiger partial charge >= 0.3 is 0 Å². The zero-order valence-corrected chi connectivity index (χ0v) is 31.6. The molecule has 12 aromatic rings. The van der Waals surface area contributed by atoms with E-state index < -0.39 is 0 Å². The van der Waals surface area contributed by atoms with Crippen molar-refractivity contribution in [1.82, 2.24) is 28.7 Å². The van der Waals surface area contributed by atoms with E-state index in [4.69, 9.17) is 15.0 Å². The van der Waals surface area contributed by atoms with Crippen LogP contribution in [0.2, 0.25) is 0 Å². The lowest BCUT2D eigenvalue weighted by atomic mass is 10.0. The molecule has 0 saturated heterocycles. The van der Waals surface area contributed by atoms with Gasteiger partial charge in [0, 0.05) is 67.2 Å². The topological polar surface area (TPSA) is 53.5 Å². The van der Waals surface area contributed by atoms with Crippen molar-refractivity contribution < 1.29 is 0 Å². The zero-order valence-electron chi connectivity index (χ0n) is 31.6. The molecule has 0 N–H and O–H groups in total. The molecule has 6 nitrogen and oxygen atoms in total. The van der Waals surface area contributed by atoms with Crippen molar-refractivity contribution in [3.8, 4) is 45.5 Å². The molecule has 4 aromatic heterocycles. The summed E-state index contributed by atoms with van der Waals surface area (Å²) >= 11 is 0. The Hall–Kier alpha value is -7.83. The van der Waals surface area contributed by atoms with Gasteiger partial charge in [-0.05, 0) is 59.7 Å². The molecule has 6 heteroatoms. The maximum atomic E-state index is 5.29. The fraction of sp³-hybridized carbons (Fsp3) is 0.0192. The van der Waals surface area contributed by atoms with E-state index in [9.17, 15) is 0 Å². The van der Waals surface area contributed by atoms with Gasteiger partial charge in [-0.25, -0.2) is 4.98 Å². The maximum Gasteiger partial charge on any atom is 0.238 e. The van der Waals surface area contributed by atoms with E-state index in [1.807, 2.05) is 6.07 Å². The second-order valence-electron chi connectivity index (χ2n) is 15.0. The summed E-state index contributed by atoms with van der Waals surface area (Å²) in [5.74, 6) is 1.79. The fourth-order valence-corrected chi connectivity index (χ4v) is 8.99. The molecular formula is C52H34N6. The van der Waals surface area contributed by atoms with E-state index in [0.717, 1.165) is 55.2 Å². The number of aromatic nitrogens is 6. The first-order valence-corrected chi connectivity index (χ1v) is 19.6.